The lowest BCUT2D eigenvalue weighted by Gasteiger charge is -2.08. The molecule has 84 valence electrons. The van der Waals surface area contributed by atoms with Crippen LogP contribution in [0.1, 0.15) is 0 Å². The number of para-hydroxylation sites is 3. The van der Waals surface area contributed by atoms with Gasteiger partial charge in [0.05, 0.1) is 27.4 Å². The van der Waals surface area contributed by atoms with Gasteiger partial charge in [-0.3, -0.25) is 4.57 Å². The first-order chi connectivity index (χ1) is 8.27. The summed E-state index contributed by atoms with van der Waals surface area (Å²) in [5, 5.41) is 0.556. The second-order valence-electron chi connectivity index (χ2n) is 3.78. The van der Waals surface area contributed by atoms with Crippen molar-refractivity contribution in [3.63, 3.8) is 0 Å². The molecule has 2 N–H and O–H groups in total. The number of fused-ring (bicyclic) bond motifs is 1. The van der Waals surface area contributed by atoms with E-state index in [0.717, 1.165) is 16.7 Å². The summed E-state index contributed by atoms with van der Waals surface area (Å²) in [6, 6.07) is 13.5. The van der Waals surface area contributed by atoms with Crippen molar-refractivity contribution in [1.29, 1.82) is 0 Å². The third-order valence-electron chi connectivity index (χ3n) is 2.74. The lowest BCUT2D eigenvalue weighted by Crippen LogP contribution is -1.98. The van der Waals surface area contributed by atoms with E-state index in [4.69, 9.17) is 17.3 Å². The molecule has 0 fully saturated rings. The highest BCUT2D eigenvalue weighted by atomic mass is 35.5. The second-order valence-corrected chi connectivity index (χ2v) is 4.18. The van der Waals surface area contributed by atoms with Crippen LogP contribution in [0.5, 0.6) is 0 Å². The van der Waals surface area contributed by atoms with Crippen molar-refractivity contribution in [2.24, 2.45) is 0 Å². The Morgan fingerprint density at radius 2 is 1.88 bits per heavy atom. The smallest absolute Gasteiger partial charge is 0.100 e. The molecular weight excluding hydrogens is 234 g/mol. The lowest BCUT2D eigenvalue weighted by molar-refractivity contribution is 1.10. The Kier molecular flexibility index (Phi) is 2.27. The molecule has 0 amide bonds. The molecule has 0 saturated carbocycles. The number of halogens is 1. The number of imidazole rings is 1. The van der Waals surface area contributed by atoms with E-state index in [2.05, 4.69) is 4.98 Å². The van der Waals surface area contributed by atoms with Gasteiger partial charge in [0.25, 0.3) is 0 Å². The van der Waals surface area contributed by atoms with Crippen molar-refractivity contribution >= 4 is 28.3 Å². The summed E-state index contributed by atoms with van der Waals surface area (Å²) in [5.41, 5.74) is 9.36. The van der Waals surface area contributed by atoms with Crippen molar-refractivity contribution in [2.75, 3.05) is 5.73 Å². The Bertz CT molecular complexity index is 688. The molecule has 3 rings (SSSR count). The van der Waals surface area contributed by atoms with Crippen molar-refractivity contribution < 1.29 is 0 Å². The van der Waals surface area contributed by atoms with Gasteiger partial charge in [-0.1, -0.05) is 29.8 Å². The molecule has 0 spiro atoms. The minimum atomic E-state index is 0.556. The number of nitrogens with two attached hydrogens (primary N) is 1. The molecule has 2 aromatic carbocycles. The second kappa shape index (κ2) is 3.79. The van der Waals surface area contributed by atoms with Gasteiger partial charge in [-0.25, -0.2) is 4.98 Å². The van der Waals surface area contributed by atoms with E-state index < -0.39 is 0 Å². The van der Waals surface area contributed by atoms with Gasteiger partial charge >= 0.3 is 0 Å². The zero-order chi connectivity index (χ0) is 11.8. The summed E-state index contributed by atoms with van der Waals surface area (Å²) >= 11 is 6.02. The van der Waals surface area contributed by atoms with Gasteiger partial charge in [0.2, 0.25) is 0 Å². The Morgan fingerprint density at radius 3 is 2.76 bits per heavy atom. The summed E-state index contributed by atoms with van der Waals surface area (Å²) in [7, 11) is 0. The maximum absolute atomic E-state index is 6.02. The van der Waals surface area contributed by atoms with E-state index >= 15 is 0 Å². The molecule has 0 bridgehead atoms. The molecule has 3 aromatic rings. The average molecular weight is 244 g/mol. The molecule has 0 aliphatic heterocycles. The van der Waals surface area contributed by atoms with E-state index in [1.165, 1.54) is 0 Å². The molecule has 0 radical (unpaired) electrons. The van der Waals surface area contributed by atoms with E-state index in [1.807, 2.05) is 41.0 Å². The fourth-order valence-electron chi connectivity index (χ4n) is 1.89. The highest BCUT2D eigenvalue weighted by molar-refractivity contribution is 6.33. The van der Waals surface area contributed by atoms with Crippen molar-refractivity contribution in [3.8, 4) is 5.69 Å². The molecule has 0 unspecified atom stereocenters. The van der Waals surface area contributed by atoms with Crippen molar-refractivity contribution in [1.82, 2.24) is 9.55 Å². The fourth-order valence-corrected chi connectivity index (χ4v) is 2.06. The topological polar surface area (TPSA) is 43.8 Å². The standard InChI is InChI=1S/C13H10ClN3/c14-9-4-3-7-12(13(9)15)17-8-16-10-5-1-2-6-11(10)17/h1-8H,15H2. The Hall–Kier alpha value is -2.00. The van der Waals surface area contributed by atoms with Crippen LogP contribution in [0.4, 0.5) is 5.69 Å². The number of anilines is 1. The van der Waals surface area contributed by atoms with Gasteiger partial charge in [0.1, 0.15) is 6.33 Å². The average Bonchev–Trinajstić information content (AvgIpc) is 2.77. The third kappa shape index (κ3) is 1.56. The van der Waals surface area contributed by atoms with Crippen LogP contribution in [-0.4, -0.2) is 9.55 Å². The minimum Gasteiger partial charge on any atom is -0.396 e. The van der Waals surface area contributed by atoms with Crippen LogP contribution in [0, 0.1) is 0 Å². The molecule has 1 aromatic heterocycles. The molecule has 0 saturated heterocycles. The molecule has 17 heavy (non-hydrogen) atoms. The Morgan fingerprint density at radius 1 is 1.06 bits per heavy atom. The van der Waals surface area contributed by atoms with Gasteiger partial charge in [-0.15, -0.1) is 0 Å². The highest BCUT2D eigenvalue weighted by Crippen LogP contribution is 2.28. The quantitative estimate of drug-likeness (QED) is 0.667. The molecule has 3 nitrogen and oxygen atoms in total. The van der Waals surface area contributed by atoms with Crippen molar-refractivity contribution in [2.45, 2.75) is 0 Å². The fraction of sp³-hybridized carbons (Fsp3) is 0. The van der Waals surface area contributed by atoms with Crippen LogP contribution >= 0.6 is 11.6 Å². The maximum Gasteiger partial charge on any atom is 0.100 e. The molecular formula is C13H10ClN3. The predicted octanol–water partition coefficient (Wildman–Crippen LogP) is 3.26. The Labute approximate surface area is 103 Å². The first kappa shape index (κ1) is 10.2. The number of nitrogen functional groups attached to an aromatic ring is 1. The minimum absolute atomic E-state index is 0.556. The number of hydrogen-bond donors (Lipinski definition) is 1. The van der Waals surface area contributed by atoms with E-state index in [-0.39, 0.29) is 0 Å². The lowest BCUT2D eigenvalue weighted by atomic mass is 10.2. The number of aromatic nitrogens is 2. The molecule has 0 atom stereocenters. The van der Waals surface area contributed by atoms with Gasteiger partial charge < -0.3 is 5.73 Å². The van der Waals surface area contributed by atoms with E-state index in [0.29, 0.717) is 10.7 Å². The van der Waals surface area contributed by atoms with Crippen LogP contribution in [0.25, 0.3) is 16.7 Å². The van der Waals surface area contributed by atoms with Gasteiger partial charge in [0, 0.05) is 0 Å². The predicted molar refractivity (Wildman–Crippen MR) is 70.5 cm³/mol. The molecule has 1 heterocycles. The largest absolute Gasteiger partial charge is 0.396 e. The number of hydrogen-bond acceptors (Lipinski definition) is 2. The van der Waals surface area contributed by atoms with Crippen LogP contribution in [0.2, 0.25) is 5.02 Å². The molecule has 0 aliphatic carbocycles. The number of benzene rings is 2. The maximum atomic E-state index is 6.02. The van der Waals surface area contributed by atoms with Crippen LogP contribution < -0.4 is 5.73 Å². The van der Waals surface area contributed by atoms with Crippen LogP contribution in [-0.2, 0) is 0 Å². The summed E-state index contributed by atoms with van der Waals surface area (Å²) in [4.78, 5) is 4.33. The molecule has 4 heteroatoms. The summed E-state index contributed by atoms with van der Waals surface area (Å²) < 4.78 is 1.94. The Balaban J connectivity index is 2.31. The zero-order valence-corrected chi connectivity index (χ0v) is 9.72. The van der Waals surface area contributed by atoms with E-state index in [1.54, 1.807) is 12.4 Å². The van der Waals surface area contributed by atoms with Gasteiger partial charge in [-0.05, 0) is 24.3 Å². The first-order valence-electron chi connectivity index (χ1n) is 5.24. The number of nitrogens with zero attached hydrogens (tertiary/aromatic N) is 2. The normalized spacial score (nSPS) is 10.9. The van der Waals surface area contributed by atoms with Crippen LogP contribution in [0.3, 0.4) is 0 Å². The summed E-state index contributed by atoms with van der Waals surface area (Å²) in [6.45, 7) is 0. The highest BCUT2D eigenvalue weighted by Gasteiger charge is 2.08. The van der Waals surface area contributed by atoms with Crippen LogP contribution in [0.15, 0.2) is 48.8 Å². The monoisotopic (exact) mass is 243 g/mol. The zero-order valence-electron chi connectivity index (χ0n) is 8.97. The number of rotatable bonds is 1. The summed E-state index contributed by atoms with van der Waals surface area (Å²) in [5.74, 6) is 0. The van der Waals surface area contributed by atoms with Gasteiger partial charge in [-0.2, -0.15) is 0 Å². The summed E-state index contributed by atoms with van der Waals surface area (Å²) in [6.07, 6.45) is 1.76. The SMILES string of the molecule is Nc1c(Cl)cccc1-n1cnc2ccccc21. The van der Waals surface area contributed by atoms with Crippen molar-refractivity contribution in [3.05, 3.63) is 53.8 Å². The first-order valence-corrected chi connectivity index (χ1v) is 5.61. The molecule has 0 aliphatic rings. The van der Waals surface area contributed by atoms with E-state index in [9.17, 15) is 0 Å². The van der Waals surface area contributed by atoms with Gasteiger partial charge in [0.15, 0.2) is 0 Å². The third-order valence-corrected chi connectivity index (χ3v) is 3.07.